The fourth-order valence-corrected chi connectivity index (χ4v) is 4.02. The summed E-state index contributed by atoms with van der Waals surface area (Å²) in [5.41, 5.74) is 7.41. The smallest absolute Gasteiger partial charge is 0.277 e. The average molecular weight is 458 g/mol. The van der Waals surface area contributed by atoms with E-state index >= 15 is 0 Å². The number of ether oxygens (including phenoxy) is 1. The molecule has 2 aromatic rings. The van der Waals surface area contributed by atoms with E-state index in [9.17, 15) is 4.79 Å². The van der Waals surface area contributed by atoms with Gasteiger partial charge in [0, 0.05) is 22.7 Å². The summed E-state index contributed by atoms with van der Waals surface area (Å²) in [6.07, 6.45) is 2.81. The van der Waals surface area contributed by atoms with E-state index in [1.165, 1.54) is 11.3 Å². The molecule has 1 N–H and O–H groups in total. The van der Waals surface area contributed by atoms with Gasteiger partial charge in [-0.2, -0.15) is 5.10 Å². The number of fused-ring (bicyclic) bond motifs is 1. The van der Waals surface area contributed by atoms with E-state index in [1.54, 1.807) is 18.3 Å². The zero-order valence-electron chi connectivity index (χ0n) is 17.6. The highest BCUT2D eigenvalue weighted by atomic mass is 79.9. The fourth-order valence-electron chi connectivity index (χ4n) is 3.76. The van der Waals surface area contributed by atoms with Crippen molar-refractivity contribution >= 4 is 33.7 Å². The molecule has 0 saturated carbocycles. The first-order chi connectivity index (χ1) is 13.7. The molecule has 0 radical (unpaired) electrons. The second-order valence-electron chi connectivity index (χ2n) is 8.28. The van der Waals surface area contributed by atoms with E-state index in [0.29, 0.717) is 11.7 Å². The van der Waals surface area contributed by atoms with Gasteiger partial charge in [-0.05, 0) is 86.2 Å². The van der Waals surface area contributed by atoms with Crippen LogP contribution >= 0.6 is 15.9 Å². The van der Waals surface area contributed by atoms with E-state index in [0.717, 1.165) is 22.0 Å². The van der Waals surface area contributed by atoms with Gasteiger partial charge < -0.3 is 9.64 Å². The first-order valence-corrected chi connectivity index (χ1v) is 10.6. The number of hydrogen-bond donors (Lipinski definition) is 1. The predicted molar refractivity (Wildman–Crippen MR) is 122 cm³/mol. The summed E-state index contributed by atoms with van der Waals surface area (Å²) in [5, 5.41) is 4.12. The van der Waals surface area contributed by atoms with Crippen LogP contribution < -0.4 is 15.1 Å². The van der Waals surface area contributed by atoms with E-state index < -0.39 is 0 Å². The monoisotopic (exact) mass is 457 g/mol. The number of halogens is 1. The third-order valence-electron chi connectivity index (χ3n) is 5.60. The summed E-state index contributed by atoms with van der Waals surface area (Å²) >= 11 is 3.37. The van der Waals surface area contributed by atoms with Gasteiger partial charge in [0.25, 0.3) is 5.91 Å². The summed E-state index contributed by atoms with van der Waals surface area (Å²) in [7, 11) is 2.16. The molecule has 0 fully saturated rings. The molecule has 3 rings (SSSR count). The van der Waals surface area contributed by atoms with Crippen molar-refractivity contribution in [2.24, 2.45) is 5.10 Å². The Labute approximate surface area is 181 Å². The lowest BCUT2D eigenvalue weighted by Crippen LogP contribution is -2.45. The van der Waals surface area contributed by atoms with Crippen LogP contribution in [-0.4, -0.2) is 31.3 Å². The van der Waals surface area contributed by atoms with Crippen molar-refractivity contribution in [1.29, 1.82) is 0 Å². The Morgan fingerprint density at radius 2 is 2.03 bits per heavy atom. The highest BCUT2D eigenvalue weighted by molar-refractivity contribution is 9.10. The standard InChI is InChI=1S/C23H28BrN3O2/c1-15-10-21-20(16(2)12-23(3,4)27(21)5)11-17(15)13-25-26-22(28)14-29-19-8-6-18(24)7-9-19/h6-11,13,16H,12,14H2,1-5H3,(H,26,28)/b25-13+. The number of anilines is 1. The van der Waals surface area contributed by atoms with E-state index in [2.05, 4.69) is 78.2 Å². The zero-order valence-corrected chi connectivity index (χ0v) is 19.2. The number of nitrogens with zero attached hydrogens (tertiary/aromatic N) is 2. The van der Waals surface area contributed by atoms with Crippen LogP contribution in [0.25, 0.3) is 0 Å². The molecule has 6 heteroatoms. The maximum Gasteiger partial charge on any atom is 0.277 e. The molecule has 0 bridgehead atoms. The molecular weight excluding hydrogens is 430 g/mol. The number of hydrazone groups is 1. The topological polar surface area (TPSA) is 53.9 Å². The molecule has 5 nitrogen and oxygen atoms in total. The molecule has 0 aromatic heterocycles. The highest BCUT2D eigenvalue weighted by Gasteiger charge is 2.34. The zero-order chi connectivity index (χ0) is 21.2. The molecule has 1 unspecified atom stereocenters. The molecule has 1 atom stereocenters. The van der Waals surface area contributed by atoms with E-state index in [1.807, 2.05) is 12.1 Å². The normalized spacial score (nSPS) is 17.9. The van der Waals surface area contributed by atoms with Gasteiger partial charge in [0.2, 0.25) is 0 Å². The van der Waals surface area contributed by atoms with Crippen LogP contribution in [0.5, 0.6) is 5.75 Å². The van der Waals surface area contributed by atoms with Gasteiger partial charge in [0.15, 0.2) is 6.61 Å². The first-order valence-electron chi connectivity index (χ1n) is 9.76. The van der Waals surface area contributed by atoms with Crippen LogP contribution in [0.3, 0.4) is 0 Å². The van der Waals surface area contributed by atoms with Crippen LogP contribution in [-0.2, 0) is 4.79 Å². The second-order valence-corrected chi connectivity index (χ2v) is 9.20. The number of benzene rings is 2. The maximum absolute atomic E-state index is 12.0. The van der Waals surface area contributed by atoms with Crippen molar-refractivity contribution in [1.82, 2.24) is 5.43 Å². The molecule has 0 aliphatic carbocycles. The van der Waals surface area contributed by atoms with E-state index in [-0.39, 0.29) is 18.1 Å². The summed E-state index contributed by atoms with van der Waals surface area (Å²) in [4.78, 5) is 14.4. The Kier molecular flexibility index (Phi) is 6.32. The minimum atomic E-state index is -0.297. The molecule has 0 spiro atoms. The first kappa shape index (κ1) is 21.4. The van der Waals surface area contributed by atoms with Gasteiger partial charge in [0.1, 0.15) is 5.75 Å². The molecular formula is C23H28BrN3O2. The number of amides is 1. The minimum absolute atomic E-state index is 0.0843. The van der Waals surface area contributed by atoms with Crippen molar-refractivity contribution in [2.45, 2.75) is 45.6 Å². The van der Waals surface area contributed by atoms with Crippen molar-refractivity contribution in [3.63, 3.8) is 0 Å². The molecule has 154 valence electrons. The average Bonchev–Trinajstić information content (AvgIpc) is 2.66. The van der Waals surface area contributed by atoms with Crippen molar-refractivity contribution < 1.29 is 9.53 Å². The van der Waals surface area contributed by atoms with Crippen LogP contribution in [0.4, 0.5) is 5.69 Å². The SMILES string of the molecule is Cc1cc2c(cc1/C=N/NC(=O)COc1ccc(Br)cc1)C(C)CC(C)(C)N2C. The molecule has 1 aliphatic rings. The minimum Gasteiger partial charge on any atom is -0.484 e. The summed E-state index contributed by atoms with van der Waals surface area (Å²) in [6.45, 7) is 8.82. The number of nitrogens with one attached hydrogen (secondary N) is 1. The number of hydrogen-bond acceptors (Lipinski definition) is 4. The Morgan fingerprint density at radius 3 is 2.72 bits per heavy atom. The number of aryl methyl sites for hydroxylation is 1. The lowest BCUT2D eigenvalue weighted by atomic mass is 9.79. The Hall–Kier alpha value is -2.34. The number of carbonyl (C=O) groups excluding carboxylic acids is 1. The van der Waals surface area contributed by atoms with E-state index in [4.69, 9.17) is 4.74 Å². The van der Waals surface area contributed by atoms with Crippen molar-refractivity contribution in [3.05, 3.63) is 57.6 Å². The highest BCUT2D eigenvalue weighted by Crippen LogP contribution is 2.43. The fraction of sp³-hybridized carbons (Fsp3) is 0.391. The molecule has 29 heavy (non-hydrogen) atoms. The van der Waals surface area contributed by atoms with Gasteiger partial charge in [-0.25, -0.2) is 5.43 Å². The number of carbonyl (C=O) groups is 1. The third kappa shape index (κ3) is 4.99. The summed E-state index contributed by atoms with van der Waals surface area (Å²) < 4.78 is 6.42. The molecule has 1 aliphatic heterocycles. The molecule has 1 heterocycles. The summed E-state index contributed by atoms with van der Waals surface area (Å²) in [5.74, 6) is 0.811. The Balaban J connectivity index is 1.64. The lowest BCUT2D eigenvalue weighted by molar-refractivity contribution is -0.123. The maximum atomic E-state index is 12.0. The van der Waals surface area contributed by atoms with Crippen LogP contribution in [0.2, 0.25) is 0 Å². The largest absolute Gasteiger partial charge is 0.484 e. The quantitative estimate of drug-likeness (QED) is 0.507. The van der Waals surface area contributed by atoms with Gasteiger partial charge in [-0.3, -0.25) is 4.79 Å². The predicted octanol–water partition coefficient (Wildman–Crippen LogP) is 5.01. The molecule has 2 aromatic carbocycles. The third-order valence-corrected chi connectivity index (χ3v) is 6.13. The lowest BCUT2D eigenvalue weighted by Gasteiger charge is -2.45. The van der Waals surface area contributed by atoms with Gasteiger partial charge >= 0.3 is 0 Å². The molecule has 1 amide bonds. The molecule has 0 saturated heterocycles. The van der Waals surface area contributed by atoms with Crippen molar-refractivity contribution in [3.8, 4) is 5.75 Å². The van der Waals surface area contributed by atoms with Gasteiger partial charge in [-0.1, -0.05) is 22.9 Å². The Bertz CT molecular complexity index is 922. The van der Waals surface area contributed by atoms with Crippen LogP contribution in [0, 0.1) is 6.92 Å². The van der Waals surface area contributed by atoms with Crippen molar-refractivity contribution in [2.75, 3.05) is 18.6 Å². The van der Waals surface area contributed by atoms with Gasteiger partial charge in [0.05, 0.1) is 6.21 Å². The summed E-state index contributed by atoms with van der Waals surface area (Å²) in [6, 6.07) is 11.7. The van der Waals surface area contributed by atoms with Gasteiger partial charge in [-0.15, -0.1) is 0 Å². The number of rotatable bonds is 5. The van der Waals surface area contributed by atoms with Crippen LogP contribution in [0.1, 0.15) is 49.8 Å². The Morgan fingerprint density at radius 1 is 1.34 bits per heavy atom. The second kappa shape index (κ2) is 8.57. The van der Waals surface area contributed by atoms with Crippen LogP contribution in [0.15, 0.2) is 46.0 Å².